The zero-order valence-electron chi connectivity index (χ0n) is 8.73. The minimum absolute atomic E-state index is 0.0812. The van der Waals surface area contributed by atoms with Gasteiger partial charge in [-0.25, -0.2) is 8.42 Å². The molecule has 0 saturated carbocycles. The smallest absolute Gasteiger partial charge is 0.303 e. The Bertz CT molecular complexity index is 465. The van der Waals surface area contributed by atoms with Gasteiger partial charge in [-0.1, -0.05) is 0 Å². The number of carbonyl (C=O) groups is 1. The molecule has 0 unspecified atom stereocenters. The van der Waals surface area contributed by atoms with Crippen LogP contribution in [0.5, 0.6) is 0 Å². The number of aromatic amines is 1. The van der Waals surface area contributed by atoms with Gasteiger partial charge in [0.15, 0.2) is 0 Å². The molecule has 0 spiro atoms. The minimum atomic E-state index is -3.51. The molecule has 16 heavy (non-hydrogen) atoms. The standard InChI is InChI=1S/C8H13N3O4S/c1-6-5-9-10-8(6)11-16(14,15)4-2-3-7(12)13/h5H,2-4H2,1H3,(H,12,13)(H2,9,10,11). The number of carboxylic acids is 1. The lowest BCUT2D eigenvalue weighted by molar-refractivity contribution is -0.137. The van der Waals surface area contributed by atoms with Gasteiger partial charge in [0.25, 0.3) is 0 Å². The fraction of sp³-hybridized carbons (Fsp3) is 0.500. The van der Waals surface area contributed by atoms with E-state index in [-0.39, 0.29) is 18.6 Å². The van der Waals surface area contributed by atoms with Gasteiger partial charge in [-0.15, -0.1) is 0 Å². The van der Waals surface area contributed by atoms with Crippen molar-refractivity contribution in [2.24, 2.45) is 0 Å². The Hall–Kier alpha value is -1.57. The average molecular weight is 247 g/mol. The molecule has 0 radical (unpaired) electrons. The van der Waals surface area contributed by atoms with E-state index >= 15 is 0 Å². The Labute approximate surface area is 92.9 Å². The second-order valence-corrected chi connectivity index (χ2v) is 5.19. The van der Waals surface area contributed by atoms with Crippen molar-refractivity contribution in [1.82, 2.24) is 10.2 Å². The molecule has 0 aliphatic carbocycles. The molecular formula is C8H13N3O4S. The Morgan fingerprint density at radius 1 is 1.62 bits per heavy atom. The third-order valence-corrected chi connectivity index (χ3v) is 3.23. The van der Waals surface area contributed by atoms with E-state index in [0.29, 0.717) is 11.4 Å². The summed E-state index contributed by atoms with van der Waals surface area (Å²) in [4.78, 5) is 10.2. The number of hydrogen-bond donors (Lipinski definition) is 3. The third kappa shape index (κ3) is 3.89. The molecular weight excluding hydrogens is 234 g/mol. The van der Waals surface area contributed by atoms with E-state index in [4.69, 9.17) is 5.11 Å². The van der Waals surface area contributed by atoms with Crippen molar-refractivity contribution in [3.63, 3.8) is 0 Å². The van der Waals surface area contributed by atoms with Crippen molar-refractivity contribution in [2.75, 3.05) is 10.5 Å². The van der Waals surface area contributed by atoms with Gasteiger partial charge in [0.2, 0.25) is 10.0 Å². The lowest BCUT2D eigenvalue weighted by Gasteiger charge is -2.05. The van der Waals surface area contributed by atoms with E-state index < -0.39 is 16.0 Å². The summed E-state index contributed by atoms with van der Waals surface area (Å²) in [6.45, 7) is 1.71. The van der Waals surface area contributed by atoms with E-state index in [1.54, 1.807) is 6.92 Å². The van der Waals surface area contributed by atoms with Crippen LogP contribution in [-0.2, 0) is 14.8 Å². The summed E-state index contributed by atoms with van der Waals surface area (Å²) >= 11 is 0. The number of rotatable bonds is 6. The lowest BCUT2D eigenvalue weighted by atomic mass is 10.3. The molecule has 90 valence electrons. The number of sulfonamides is 1. The predicted molar refractivity (Wildman–Crippen MR) is 57.6 cm³/mol. The van der Waals surface area contributed by atoms with Crippen molar-refractivity contribution < 1.29 is 18.3 Å². The molecule has 1 aromatic rings. The van der Waals surface area contributed by atoms with Gasteiger partial charge in [-0.3, -0.25) is 14.6 Å². The van der Waals surface area contributed by atoms with Crippen LogP contribution in [0, 0.1) is 6.92 Å². The summed E-state index contributed by atoms with van der Waals surface area (Å²) in [5.74, 6) is -0.916. The highest BCUT2D eigenvalue weighted by atomic mass is 32.2. The summed E-state index contributed by atoms with van der Waals surface area (Å²) in [6, 6.07) is 0. The number of nitrogens with one attached hydrogen (secondary N) is 2. The molecule has 0 saturated heterocycles. The zero-order chi connectivity index (χ0) is 12.2. The third-order valence-electron chi connectivity index (χ3n) is 1.89. The molecule has 0 aliphatic heterocycles. The summed E-state index contributed by atoms with van der Waals surface area (Å²) < 4.78 is 25.3. The van der Waals surface area contributed by atoms with Crippen LogP contribution >= 0.6 is 0 Å². The molecule has 1 rings (SSSR count). The molecule has 1 heterocycles. The number of H-pyrrole nitrogens is 1. The van der Waals surface area contributed by atoms with Crippen molar-refractivity contribution >= 4 is 21.8 Å². The van der Waals surface area contributed by atoms with E-state index in [2.05, 4.69) is 14.9 Å². The average Bonchev–Trinajstić information content (AvgIpc) is 2.50. The van der Waals surface area contributed by atoms with Crippen molar-refractivity contribution in [3.8, 4) is 0 Å². The number of hydrogen-bond acceptors (Lipinski definition) is 4. The minimum Gasteiger partial charge on any atom is -0.481 e. The number of carboxylic acid groups (broad SMARTS) is 1. The second-order valence-electron chi connectivity index (χ2n) is 3.35. The zero-order valence-corrected chi connectivity index (χ0v) is 9.54. The van der Waals surface area contributed by atoms with Crippen LogP contribution in [0.3, 0.4) is 0 Å². The Balaban J connectivity index is 2.53. The summed E-state index contributed by atoms with van der Waals surface area (Å²) in [6.07, 6.45) is 1.41. The van der Waals surface area contributed by atoms with Crippen LogP contribution in [0.25, 0.3) is 0 Å². The molecule has 0 amide bonds. The predicted octanol–water partition coefficient (Wildman–Crippen LogP) is 0.325. The number of anilines is 1. The van der Waals surface area contributed by atoms with E-state index in [0.717, 1.165) is 0 Å². The van der Waals surface area contributed by atoms with Crippen LogP contribution in [0.4, 0.5) is 5.82 Å². The Kier molecular flexibility index (Phi) is 3.88. The fourth-order valence-corrected chi connectivity index (χ4v) is 2.21. The summed E-state index contributed by atoms with van der Waals surface area (Å²) in [7, 11) is -3.51. The number of nitrogens with zero attached hydrogens (tertiary/aromatic N) is 1. The Morgan fingerprint density at radius 2 is 2.31 bits per heavy atom. The topological polar surface area (TPSA) is 112 Å². The van der Waals surface area contributed by atoms with Crippen LogP contribution in [0.2, 0.25) is 0 Å². The van der Waals surface area contributed by atoms with Gasteiger partial charge in [-0.2, -0.15) is 5.10 Å². The highest BCUT2D eigenvalue weighted by molar-refractivity contribution is 7.92. The normalized spacial score (nSPS) is 11.3. The first-order valence-corrected chi connectivity index (χ1v) is 6.28. The van der Waals surface area contributed by atoms with Gasteiger partial charge >= 0.3 is 5.97 Å². The molecule has 0 atom stereocenters. The van der Waals surface area contributed by atoms with Crippen LogP contribution in [-0.4, -0.2) is 35.4 Å². The molecule has 3 N–H and O–H groups in total. The first-order chi connectivity index (χ1) is 7.41. The van der Waals surface area contributed by atoms with Gasteiger partial charge in [0.05, 0.1) is 11.9 Å². The van der Waals surface area contributed by atoms with Gasteiger partial charge < -0.3 is 5.11 Å². The van der Waals surface area contributed by atoms with E-state index in [9.17, 15) is 13.2 Å². The van der Waals surface area contributed by atoms with Gasteiger partial charge in [0, 0.05) is 12.0 Å². The quantitative estimate of drug-likeness (QED) is 0.670. The van der Waals surface area contributed by atoms with Crippen LogP contribution in [0.15, 0.2) is 6.20 Å². The monoisotopic (exact) mass is 247 g/mol. The molecule has 0 aromatic carbocycles. The Morgan fingerprint density at radius 3 is 2.81 bits per heavy atom. The van der Waals surface area contributed by atoms with Crippen LogP contribution < -0.4 is 4.72 Å². The second kappa shape index (κ2) is 4.97. The SMILES string of the molecule is Cc1cn[nH]c1NS(=O)(=O)CCCC(=O)O. The number of aromatic nitrogens is 2. The first kappa shape index (κ1) is 12.5. The molecule has 7 nitrogen and oxygen atoms in total. The molecule has 1 aromatic heterocycles. The maximum Gasteiger partial charge on any atom is 0.303 e. The maximum atomic E-state index is 11.5. The molecule has 0 aliphatic rings. The summed E-state index contributed by atoms with van der Waals surface area (Å²) in [5, 5.41) is 14.6. The molecule has 0 fully saturated rings. The van der Waals surface area contributed by atoms with Crippen molar-refractivity contribution in [1.29, 1.82) is 0 Å². The number of aliphatic carboxylic acids is 1. The number of aryl methyl sites for hydroxylation is 1. The van der Waals surface area contributed by atoms with Gasteiger partial charge in [0.1, 0.15) is 5.82 Å². The first-order valence-electron chi connectivity index (χ1n) is 4.63. The molecule has 0 bridgehead atoms. The lowest BCUT2D eigenvalue weighted by Crippen LogP contribution is -2.18. The van der Waals surface area contributed by atoms with Crippen molar-refractivity contribution in [3.05, 3.63) is 11.8 Å². The van der Waals surface area contributed by atoms with Gasteiger partial charge in [-0.05, 0) is 13.3 Å². The maximum absolute atomic E-state index is 11.5. The summed E-state index contributed by atoms with van der Waals surface area (Å²) in [5.41, 5.74) is 0.682. The molecule has 8 heteroatoms. The highest BCUT2D eigenvalue weighted by Crippen LogP contribution is 2.11. The fourth-order valence-electron chi connectivity index (χ4n) is 1.07. The largest absolute Gasteiger partial charge is 0.481 e. The highest BCUT2D eigenvalue weighted by Gasteiger charge is 2.13. The van der Waals surface area contributed by atoms with Crippen LogP contribution in [0.1, 0.15) is 18.4 Å². The van der Waals surface area contributed by atoms with E-state index in [1.165, 1.54) is 6.20 Å². The van der Waals surface area contributed by atoms with Crippen molar-refractivity contribution in [2.45, 2.75) is 19.8 Å². The van der Waals surface area contributed by atoms with E-state index in [1.807, 2.05) is 0 Å².